The van der Waals surface area contributed by atoms with Gasteiger partial charge in [-0.15, -0.1) is 0 Å². The summed E-state index contributed by atoms with van der Waals surface area (Å²) < 4.78 is 0. The second-order valence-corrected chi connectivity index (χ2v) is 1.68. The molecule has 2 heteroatoms. The van der Waals surface area contributed by atoms with Gasteiger partial charge in [0.1, 0.15) is 0 Å². The summed E-state index contributed by atoms with van der Waals surface area (Å²) in [6.07, 6.45) is 2.24. The molecule has 0 aliphatic carbocycles. The van der Waals surface area contributed by atoms with Crippen LogP contribution in [0.25, 0.3) is 0 Å². The lowest BCUT2D eigenvalue weighted by molar-refractivity contribution is 0.500. The van der Waals surface area contributed by atoms with Gasteiger partial charge >= 0.3 is 0 Å². The van der Waals surface area contributed by atoms with E-state index in [1.807, 2.05) is 0 Å². The Balaban J connectivity index is 0. The molecule has 0 amide bonds. The van der Waals surface area contributed by atoms with Crippen molar-refractivity contribution in [3.8, 4) is 0 Å². The lowest BCUT2D eigenvalue weighted by Crippen LogP contribution is -2.33. The molecule has 52 valence electrons. The fraction of sp³-hybridized carbons (Fsp3) is 1.00. The molecule has 0 aromatic carbocycles. The molecule has 0 aliphatic rings. The molecule has 0 fully saturated rings. The lowest BCUT2D eigenvalue weighted by Gasteiger charge is -2.07. The predicted octanol–water partition coefficient (Wildman–Crippen LogP) is 1.27. The molecule has 0 saturated carbocycles. The highest BCUT2D eigenvalue weighted by atomic mass is 15.2. The molecule has 0 aromatic rings. The van der Waals surface area contributed by atoms with Crippen molar-refractivity contribution in [2.75, 3.05) is 0 Å². The van der Waals surface area contributed by atoms with Crippen LogP contribution in [-0.2, 0) is 0 Å². The van der Waals surface area contributed by atoms with Gasteiger partial charge in [-0.1, -0.05) is 21.3 Å². The van der Waals surface area contributed by atoms with Crippen molar-refractivity contribution in [2.45, 2.75) is 40.2 Å². The maximum Gasteiger partial charge on any atom is 0.0205 e. The highest BCUT2D eigenvalue weighted by Gasteiger charge is 1.94. The SMILES string of the molecule is C.CCC(CC)NN. The normalized spacial score (nSPS) is 9.00. The van der Waals surface area contributed by atoms with Crippen LogP contribution in [0.2, 0.25) is 0 Å². The maximum atomic E-state index is 5.14. The molecule has 0 rings (SSSR count). The van der Waals surface area contributed by atoms with Gasteiger partial charge < -0.3 is 0 Å². The quantitative estimate of drug-likeness (QED) is 0.432. The first-order valence-electron chi connectivity index (χ1n) is 2.81. The van der Waals surface area contributed by atoms with Crippen LogP contribution in [0.4, 0.5) is 0 Å². The first-order valence-corrected chi connectivity index (χ1v) is 2.81. The van der Waals surface area contributed by atoms with Crippen LogP contribution in [0, 0.1) is 0 Å². The second-order valence-electron chi connectivity index (χ2n) is 1.68. The van der Waals surface area contributed by atoms with Gasteiger partial charge in [-0.2, -0.15) is 0 Å². The Morgan fingerprint density at radius 1 is 1.38 bits per heavy atom. The fourth-order valence-corrected chi connectivity index (χ4v) is 0.524. The smallest absolute Gasteiger partial charge is 0.0205 e. The van der Waals surface area contributed by atoms with Crippen LogP contribution in [0.3, 0.4) is 0 Å². The number of hydrazine groups is 1. The average Bonchev–Trinajstić information content (AvgIpc) is 1.72. The number of hydrogen-bond acceptors (Lipinski definition) is 2. The predicted molar refractivity (Wildman–Crippen MR) is 38.4 cm³/mol. The van der Waals surface area contributed by atoms with Gasteiger partial charge in [0.15, 0.2) is 0 Å². The Morgan fingerprint density at radius 2 is 1.75 bits per heavy atom. The van der Waals surface area contributed by atoms with E-state index in [0.717, 1.165) is 12.8 Å². The molecule has 0 spiro atoms. The van der Waals surface area contributed by atoms with Crippen molar-refractivity contribution in [1.82, 2.24) is 5.43 Å². The van der Waals surface area contributed by atoms with Crippen LogP contribution in [0.1, 0.15) is 34.1 Å². The topological polar surface area (TPSA) is 38.0 Å². The largest absolute Gasteiger partial charge is 0.271 e. The minimum Gasteiger partial charge on any atom is -0.271 e. The Hall–Kier alpha value is -0.0800. The summed E-state index contributed by atoms with van der Waals surface area (Å²) in [5, 5.41) is 0. The molecule has 0 aliphatic heterocycles. The number of nitrogens with two attached hydrogens (primary N) is 1. The first kappa shape index (κ1) is 10.8. The molecule has 0 atom stereocenters. The molecule has 0 unspecified atom stereocenters. The van der Waals surface area contributed by atoms with Gasteiger partial charge in [-0.05, 0) is 12.8 Å². The van der Waals surface area contributed by atoms with E-state index in [9.17, 15) is 0 Å². The Labute approximate surface area is 52.4 Å². The van der Waals surface area contributed by atoms with Crippen molar-refractivity contribution in [3.05, 3.63) is 0 Å². The minimum absolute atomic E-state index is 0. The zero-order valence-electron chi connectivity index (χ0n) is 5.07. The van der Waals surface area contributed by atoms with E-state index >= 15 is 0 Å². The summed E-state index contributed by atoms with van der Waals surface area (Å²) >= 11 is 0. The average molecular weight is 118 g/mol. The molecule has 0 heterocycles. The van der Waals surface area contributed by atoms with E-state index < -0.39 is 0 Å². The van der Waals surface area contributed by atoms with E-state index in [0.29, 0.717) is 6.04 Å². The fourth-order valence-electron chi connectivity index (χ4n) is 0.524. The molecule has 8 heavy (non-hydrogen) atoms. The molecular formula is C6H18N2. The summed E-state index contributed by atoms with van der Waals surface area (Å²) in [6, 6.07) is 0.514. The van der Waals surface area contributed by atoms with Gasteiger partial charge in [-0.25, -0.2) is 0 Å². The monoisotopic (exact) mass is 118 g/mol. The summed E-state index contributed by atoms with van der Waals surface area (Å²) in [7, 11) is 0. The van der Waals surface area contributed by atoms with Crippen LogP contribution >= 0.6 is 0 Å². The van der Waals surface area contributed by atoms with Crippen molar-refractivity contribution in [3.63, 3.8) is 0 Å². The van der Waals surface area contributed by atoms with Crippen LogP contribution < -0.4 is 11.3 Å². The minimum atomic E-state index is 0. The zero-order valence-corrected chi connectivity index (χ0v) is 5.07. The van der Waals surface area contributed by atoms with Gasteiger partial charge in [0, 0.05) is 6.04 Å². The first-order chi connectivity index (χ1) is 3.35. The van der Waals surface area contributed by atoms with E-state index in [4.69, 9.17) is 5.84 Å². The zero-order chi connectivity index (χ0) is 5.70. The van der Waals surface area contributed by atoms with E-state index in [1.54, 1.807) is 0 Å². The van der Waals surface area contributed by atoms with Crippen molar-refractivity contribution in [2.24, 2.45) is 5.84 Å². The number of rotatable bonds is 3. The van der Waals surface area contributed by atoms with Gasteiger partial charge in [0.05, 0.1) is 0 Å². The third kappa shape index (κ3) is 4.09. The highest BCUT2D eigenvalue weighted by molar-refractivity contribution is 4.54. The Morgan fingerprint density at radius 3 is 1.75 bits per heavy atom. The maximum absolute atomic E-state index is 5.14. The standard InChI is InChI=1S/C5H14N2.CH4/c1-3-5(4-2)7-6;/h5,7H,3-4,6H2,1-2H3;1H4. The van der Waals surface area contributed by atoms with E-state index in [2.05, 4.69) is 19.3 Å². The summed E-state index contributed by atoms with van der Waals surface area (Å²) in [5.41, 5.74) is 2.70. The molecule has 0 bridgehead atoms. The summed E-state index contributed by atoms with van der Waals surface area (Å²) in [4.78, 5) is 0. The third-order valence-electron chi connectivity index (χ3n) is 1.22. The third-order valence-corrected chi connectivity index (χ3v) is 1.22. The van der Waals surface area contributed by atoms with Gasteiger partial charge in [0.25, 0.3) is 0 Å². The highest BCUT2D eigenvalue weighted by Crippen LogP contribution is 1.91. The number of nitrogens with one attached hydrogen (secondary N) is 1. The molecule has 0 saturated heterocycles. The van der Waals surface area contributed by atoms with Gasteiger partial charge in [-0.3, -0.25) is 11.3 Å². The van der Waals surface area contributed by atoms with Gasteiger partial charge in [0.2, 0.25) is 0 Å². The summed E-state index contributed by atoms with van der Waals surface area (Å²) in [5.74, 6) is 5.14. The van der Waals surface area contributed by atoms with Crippen LogP contribution in [-0.4, -0.2) is 6.04 Å². The molecule has 0 radical (unpaired) electrons. The molecule has 3 N–H and O–H groups in total. The van der Waals surface area contributed by atoms with Crippen molar-refractivity contribution < 1.29 is 0 Å². The van der Waals surface area contributed by atoms with Crippen LogP contribution in [0.5, 0.6) is 0 Å². The summed E-state index contributed by atoms with van der Waals surface area (Å²) in [6.45, 7) is 4.24. The van der Waals surface area contributed by atoms with Crippen molar-refractivity contribution >= 4 is 0 Å². The number of hydrogen-bond donors (Lipinski definition) is 2. The molecule has 2 nitrogen and oxygen atoms in total. The van der Waals surface area contributed by atoms with E-state index in [-0.39, 0.29) is 7.43 Å². The molecule has 0 aromatic heterocycles. The van der Waals surface area contributed by atoms with Crippen molar-refractivity contribution in [1.29, 1.82) is 0 Å². The Bertz CT molecular complexity index is 28.0. The van der Waals surface area contributed by atoms with Crippen LogP contribution in [0.15, 0.2) is 0 Å². The Kier molecular flexibility index (Phi) is 9.36. The molecular weight excluding hydrogens is 100 g/mol. The second kappa shape index (κ2) is 6.92. The van der Waals surface area contributed by atoms with E-state index in [1.165, 1.54) is 0 Å². The lowest BCUT2D eigenvalue weighted by atomic mass is 10.2.